The molecule has 3 atom stereocenters. The number of rotatable bonds is 6. The summed E-state index contributed by atoms with van der Waals surface area (Å²) in [6, 6.07) is -0.607. The Hall–Kier alpha value is -0.840. The lowest BCUT2D eigenvalue weighted by atomic mass is 9.93. The molecule has 0 spiro atoms. The molecule has 122 valence electrons. The maximum atomic E-state index is 13.1. The highest BCUT2D eigenvalue weighted by Gasteiger charge is 2.52. The third-order valence-corrected chi connectivity index (χ3v) is 4.30. The normalized spacial score (nSPS) is 30.0. The fourth-order valence-electron chi connectivity index (χ4n) is 2.22. The molecule has 21 heavy (non-hydrogen) atoms. The van der Waals surface area contributed by atoms with Crippen LogP contribution in [0.2, 0.25) is 0 Å². The van der Waals surface area contributed by atoms with Crippen molar-refractivity contribution >= 4 is 16.0 Å². The largest absolute Gasteiger partial charge is 0.446 e. The van der Waals surface area contributed by atoms with Gasteiger partial charge in [-0.2, -0.15) is 17.2 Å². The molecule has 0 aromatic rings. The fraction of sp³-hybridized carbons (Fsp3) is 0.909. The maximum absolute atomic E-state index is 13.1. The Morgan fingerprint density at radius 3 is 2.67 bits per heavy atom. The summed E-state index contributed by atoms with van der Waals surface area (Å²) >= 11 is 0. The number of halogens is 2. The standard InChI is InChI=1S/C11H17F2NO6S/c12-11(13,21(16,17)18)10(15)14-7-2-1-3-8(4-7)19-5-9-6-20-9/h7-9H,1-6H2,(H,14,15)(H,16,17,18). The fourth-order valence-corrected chi connectivity index (χ4v) is 2.51. The Bertz CT molecular complexity index is 493. The van der Waals surface area contributed by atoms with Crippen LogP contribution in [0.15, 0.2) is 0 Å². The molecule has 0 aromatic heterocycles. The SMILES string of the molecule is O=C(NC1CCCC(OCC2CO2)C1)C(F)(F)S(=O)(=O)O. The van der Waals surface area contributed by atoms with E-state index in [0.717, 1.165) is 6.42 Å². The molecule has 1 aliphatic heterocycles. The number of carbonyl (C=O) groups excluding carboxylic acids is 1. The van der Waals surface area contributed by atoms with E-state index in [0.29, 0.717) is 32.5 Å². The summed E-state index contributed by atoms with van der Waals surface area (Å²) in [5.74, 6) is -2.01. The van der Waals surface area contributed by atoms with Crippen LogP contribution in [0.1, 0.15) is 25.7 Å². The van der Waals surface area contributed by atoms with Crippen LogP contribution in [0.4, 0.5) is 8.78 Å². The summed E-state index contributed by atoms with van der Waals surface area (Å²) in [5, 5.41) is -2.89. The highest BCUT2D eigenvalue weighted by atomic mass is 32.2. The number of ether oxygens (including phenoxy) is 2. The number of carbonyl (C=O) groups is 1. The molecular formula is C11H17F2NO6S. The molecule has 10 heteroatoms. The number of hydrogen-bond acceptors (Lipinski definition) is 5. The van der Waals surface area contributed by atoms with Gasteiger partial charge in [0.15, 0.2) is 0 Å². The van der Waals surface area contributed by atoms with Crippen LogP contribution in [-0.4, -0.2) is 55.6 Å². The topological polar surface area (TPSA) is 105 Å². The Balaban J connectivity index is 1.85. The summed E-state index contributed by atoms with van der Waals surface area (Å²) in [6.07, 6.45) is 2.08. The van der Waals surface area contributed by atoms with Crippen molar-refractivity contribution in [3.05, 3.63) is 0 Å². The molecule has 2 aliphatic rings. The van der Waals surface area contributed by atoms with Crippen molar-refractivity contribution in [2.24, 2.45) is 0 Å². The molecule has 1 heterocycles. The molecule has 1 saturated carbocycles. The highest BCUT2D eigenvalue weighted by Crippen LogP contribution is 2.25. The van der Waals surface area contributed by atoms with E-state index in [4.69, 9.17) is 14.0 Å². The molecule has 0 aromatic carbocycles. The van der Waals surface area contributed by atoms with E-state index in [1.54, 1.807) is 0 Å². The first-order valence-electron chi connectivity index (χ1n) is 6.59. The van der Waals surface area contributed by atoms with E-state index in [9.17, 15) is 22.0 Å². The summed E-state index contributed by atoms with van der Waals surface area (Å²) in [4.78, 5) is 11.3. The smallest absolute Gasteiger partial charge is 0.375 e. The van der Waals surface area contributed by atoms with Crippen molar-refractivity contribution in [3.8, 4) is 0 Å². The van der Waals surface area contributed by atoms with Gasteiger partial charge in [0.1, 0.15) is 6.10 Å². The van der Waals surface area contributed by atoms with Crippen LogP contribution in [-0.2, 0) is 24.4 Å². The van der Waals surface area contributed by atoms with Gasteiger partial charge >= 0.3 is 21.3 Å². The van der Waals surface area contributed by atoms with E-state index < -0.39 is 27.3 Å². The molecule has 1 saturated heterocycles. The molecule has 3 unspecified atom stereocenters. The molecule has 1 aliphatic carbocycles. The van der Waals surface area contributed by atoms with E-state index >= 15 is 0 Å². The highest BCUT2D eigenvalue weighted by molar-refractivity contribution is 7.87. The van der Waals surface area contributed by atoms with Crippen molar-refractivity contribution in [2.45, 2.75) is 49.2 Å². The van der Waals surface area contributed by atoms with E-state index in [-0.39, 0.29) is 12.2 Å². The van der Waals surface area contributed by atoms with E-state index in [1.165, 1.54) is 0 Å². The van der Waals surface area contributed by atoms with Crippen LogP contribution < -0.4 is 5.32 Å². The van der Waals surface area contributed by atoms with Gasteiger partial charge in [0.25, 0.3) is 0 Å². The molecular weight excluding hydrogens is 312 g/mol. The van der Waals surface area contributed by atoms with Gasteiger partial charge in [-0.25, -0.2) is 0 Å². The predicted octanol–water partition coefficient (Wildman–Crippen LogP) is 0.310. The first kappa shape index (κ1) is 16.5. The zero-order valence-corrected chi connectivity index (χ0v) is 11.9. The number of hydrogen-bond donors (Lipinski definition) is 2. The number of epoxide rings is 1. The zero-order chi connectivity index (χ0) is 15.7. The predicted molar refractivity (Wildman–Crippen MR) is 66.4 cm³/mol. The average molecular weight is 329 g/mol. The molecule has 2 rings (SSSR count). The monoisotopic (exact) mass is 329 g/mol. The summed E-state index contributed by atoms with van der Waals surface area (Å²) in [5.41, 5.74) is 0. The summed E-state index contributed by atoms with van der Waals surface area (Å²) in [7, 11) is -5.77. The van der Waals surface area contributed by atoms with Crippen LogP contribution in [0.5, 0.6) is 0 Å². The zero-order valence-electron chi connectivity index (χ0n) is 11.1. The van der Waals surface area contributed by atoms with Gasteiger partial charge in [-0.3, -0.25) is 9.35 Å². The van der Waals surface area contributed by atoms with E-state index in [1.807, 2.05) is 5.32 Å². The second-order valence-corrected chi connectivity index (χ2v) is 6.70. The number of alkyl halides is 2. The van der Waals surface area contributed by atoms with Crippen molar-refractivity contribution in [2.75, 3.05) is 13.2 Å². The van der Waals surface area contributed by atoms with Gasteiger partial charge in [0.2, 0.25) is 0 Å². The third-order valence-electron chi connectivity index (χ3n) is 3.47. The van der Waals surface area contributed by atoms with Crippen LogP contribution >= 0.6 is 0 Å². The number of amides is 1. The molecule has 0 bridgehead atoms. The van der Waals surface area contributed by atoms with Crippen LogP contribution in [0, 0.1) is 0 Å². The molecule has 0 radical (unpaired) electrons. The second kappa shape index (κ2) is 6.11. The minimum absolute atomic E-state index is 0.0869. The summed E-state index contributed by atoms with van der Waals surface area (Å²) in [6.45, 7) is 1.07. The van der Waals surface area contributed by atoms with Crippen molar-refractivity contribution in [1.82, 2.24) is 5.32 Å². The number of nitrogens with one attached hydrogen (secondary N) is 1. The maximum Gasteiger partial charge on any atom is 0.446 e. The molecule has 2 N–H and O–H groups in total. The van der Waals surface area contributed by atoms with E-state index in [2.05, 4.69) is 0 Å². The molecule has 1 amide bonds. The van der Waals surface area contributed by atoms with Gasteiger partial charge in [-0.05, 0) is 25.7 Å². The molecule has 7 nitrogen and oxygen atoms in total. The Kier molecular flexibility index (Phi) is 4.81. The van der Waals surface area contributed by atoms with Gasteiger partial charge < -0.3 is 14.8 Å². The van der Waals surface area contributed by atoms with Crippen LogP contribution in [0.3, 0.4) is 0 Å². The lowest BCUT2D eigenvalue weighted by molar-refractivity contribution is -0.137. The van der Waals surface area contributed by atoms with Crippen molar-refractivity contribution < 1.29 is 36.0 Å². The van der Waals surface area contributed by atoms with Gasteiger partial charge in [0, 0.05) is 6.04 Å². The lowest BCUT2D eigenvalue weighted by Gasteiger charge is -2.30. The average Bonchev–Trinajstić information content (AvgIpc) is 3.19. The minimum atomic E-state index is -5.77. The second-order valence-electron chi connectivity index (χ2n) is 5.24. The first-order valence-corrected chi connectivity index (χ1v) is 8.03. The van der Waals surface area contributed by atoms with Crippen LogP contribution in [0.25, 0.3) is 0 Å². The molecule has 2 fully saturated rings. The van der Waals surface area contributed by atoms with Crippen molar-refractivity contribution in [3.63, 3.8) is 0 Å². The lowest BCUT2D eigenvalue weighted by Crippen LogP contribution is -2.50. The van der Waals surface area contributed by atoms with Crippen molar-refractivity contribution in [1.29, 1.82) is 0 Å². The quantitative estimate of drug-likeness (QED) is 0.537. The van der Waals surface area contributed by atoms with Gasteiger partial charge in [0.05, 0.1) is 19.3 Å². The first-order chi connectivity index (χ1) is 9.70. The Morgan fingerprint density at radius 1 is 1.43 bits per heavy atom. The van der Waals surface area contributed by atoms with Gasteiger partial charge in [-0.1, -0.05) is 0 Å². The Morgan fingerprint density at radius 2 is 2.10 bits per heavy atom. The minimum Gasteiger partial charge on any atom is -0.375 e. The van der Waals surface area contributed by atoms with Gasteiger partial charge in [-0.15, -0.1) is 0 Å². The Labute approximate surface area is 120 Å². The third kappa shape index (κ3) is 4.31. The summed E-state index contributed by atoms with van der Waals surface area (Å²) < 4.78 is 66.2.